The fraction of sp³-hybridized carbons (Fsp3) is 0.450. The molecule has 2 aromatic rings. The Morgan fingerprint density at radius 2 is 1.50 bits per heavy atom. The summed E-state index contributed by atoms with van der Waals surface area (Å²) in [5.41, 5.74) is 7.93. The van der Waals surface area contributed by atoms with Crippen LogP contribution in [0.5, 0.6) is 0 Å². The molecule has 0 amide bonds. The van der Waals surface area contributed by atoms with Crippen LogP contribution in [-0.2, 0) is 0 Å². The summed E-state index contributed by atoms with van der Waals surface area (Å²) in [4.78, 5) is 4.44. The third-order valence-corrected chi connectivity index (χ3v) is 11.2. The summed E-state index contributed by atoms with van der Waals surface area (Å²) >= 11 is 0. The van der Waals surface area contributed by atoms with Crippen LogP contribution in [0.25, 0.3) is 10.9 Å². The van der Waals surface area contributed by atoms with E-state index >= 15 is 0 Å². The first kappa shape index (κ1) is 16.8. The normalized spacial score (nSPS) is 12.0. The quantitative estimate of drug-likeness (QED) is 0.515. The zero-order valence-corrected chi connectivity index (χ0v) is 15.6. The van der Waals surface area contributed by atoms with Crippen LogP contribution < -0.4 is 0 Å². The highest BCUT2D eigenvalue weighted by Gasteiger charge is 2.41. The van der Waals surface area contributed by atoms with Crippen molar-refractivity contribution in [2.24, 2.45) is 0 Å². The van der Waals surface area contributed by atoms with E-state index in [9.17, 15) is 0 Å². The molecule has 0 spiro atoms. The summed E-state index contributed by atoms with van der Waals surface area (Å²) in [6, 6.07) is 10.3. The van der Waals surface area contributed by atoms with Crippen LogP contribution in [0.1, 0.15) is 47.1 Å². The van der Waals surface area contributed by atoms with E-state index in [1.165, 1.54) is 0 Å². The topological polar surface area (TPSA) is 12.9 Å². The van der Waals surface area contributed by atoms with Crippen LogP contribution in [0.15, 0.2) is 36.5 Å². The number of pyridine rings is 1. The summed E-state index contributed by atoms with van der Waals surface area (Å²) in [5.74, 6) is 3.54. The molecule has 0 saturated heterocycles. The van der Waals surface area contributed by atoms with Crippen molar-refractivity contribution in [1.82, 2.24) is 4.98 Å². The van der Waals surface area contributed by atoms with E-state index in [2.05, 4.69) is 82.3 Å². The highest BCUT2D eigenvalue weighted by atomic mass is 28.3. The largest absolute Gasteiger partial charge is 0.256 e. The third kappa shape index (κ3) is 2.96. The SMILES string of the molecule is CC(C)[Si](C#Cc1cccc2ncccc12)(C(C)C)C(C)C. The van der Waals surface area contributed by atoms with Crippen LogP contribution in [0.3, 0.4) is 0 Å². The molecular formula is C20H27NSi. The molecule has 116 valence electrons. The van der Waals surface area contributed by atoms with E-state index < -0.39 is 8.07 Å². The lowest BCUT2D eigenvalue weighted by molar-refractivity contribution is 0.838. The Balaban J connectivity index is 2.58. The molecule has 0 unspecified atom stereocenters. The molecule has 1 aromatic carbocycles. The lowest BCUT2D eigenvalue weighted by atomic mass is 10.1. The molecule has 0 aliphatic carbocycles. The van der Waals surface area contributed by atoms with Gasteiger partial charge in [0.25, 0.3) is 0 Å². The predicted molar refractivity (Wildman–Crippen MR) is 99.7 cm³/mol. The molecule has 0 bridgehead atoms. The van der Waals surface area contributed by atoms with Crippen LogP contribution in [-0.4, -0.2) is 13.1 Å². The van der Waals surface area contributed by atoms with Gasteiger partial charge in [0.05, 0.1) is 5.52 Å². The Morgan fingerprint density at radius 3 is 2.09 bits per heavy atom. The molecule has 22 heavy (non-hydrogen) atoms. The number of benzene rings is 1. The molecule has 0 fully saturated rings. The molecule has 2 heteroatoms. The highest BCUT2D eigenvalue weighted by molar-refractivity contribution is 6.90. The maximum Gasteiger partial charge on any atom is 0.146 e. The smallest absolute Gasteiger partial charge is 0.146 e. The average molecular weight is 310 g/mol. The minimum atomic E-state index is -1.68. The van der Waals surface area contributed by atoms with Gasteiger partial charge in [-0.1, -0.05) is 59.6 Å². The minimum absolute atomic E-state index is 0.660. The first-order valence-corrected chi connectivity index (χ1v) is 10.5. The molecule has 1 nitrogen and oxygen atoms in total. The summed E-state index contributed by atoms with van der Waals surface area (Å²) in [7, 11) is -1.68. The van der Waals surface area contributed by atoms with Gasteiger partial charge < -0.3 is 0 Å². The Bertz CT molecular complexity index is 677. The van der Waals surface area contributed by atoms with Crippen LogP contribution in [0.2, 0.25) is 16.6 Å². The second kappa shape index (κ2) is 6.67. The van der Waals surface area contributed by atoms with Gasteiger partial charge in [-0.2, -0.15) is 0 Å². The van der Waals surface area contributed by atoms with Crippen LogP contribution in [0, 0.1) is 11.5 Å². The van der Waals surface area contributed by atoms with E-state index in [4.69, 9.17) is 0 Å². The molecule has 1 aromatic heterocycles. The summed E-state index contributed by atoms with van der Waals surface area (Å²) in [6.45, 7) is 14.1. The zero-order chi connectivity index (χ0) is 16.3. The highest BCUT2D eigenvalue weighted by Crippen LogP contribution is 2.40. The monoisotopic (exact) mass is 309 g/mol. The van der Waals surface area contributed by atoms with Gasteiger partial charge in [-0.05, 0) is 34.8 Å². The molecule has 0 atom stereocenters. The lowest BCUT2D eigenvalue weighted by Crippen LogP contribution is -2.43. The number of fused-ring (bicyclic) bond motifs is 1. The maximum absolute atomic E-state index is 4.44. The number of hydrogen-bond donors (Lipinski definition) is 0. The van der Waals surface area contributed by atoms with Crippen molar-refractivity contribution in [2.75, 3.05) is 0 Å². The molecule has 1 heterocycles. The summed E-state index contributed by atoms with van der Waals surface area (Å²) < 4.78 is 0. The summed E-state index contributed by atoms with van der Waals surface area (Å²) in [6.07, 6.45) is 1.84. The molecule has 0 N–H and O–H groups in total. The first-order chi connectivity index (χ1) is 10.4. The van der Waals surface area contributed by atoms with Gasteiger partial charge in [-0.15, -0.1) is 5.54 Å². The van der Waals surface area contributed by atoms with Crippen molar-refractivity contribution in [1.29, 1.82) is 0 Å². The first-order valence-electron chi connectivity index (χ1n) is 8.26. The van der Waals surface area contributed by atoms with Crippen molar-refractivity contribution < 1.29 is 0 Å². The van der Waals surface area contributed by atoms with Gasteiger partial charge in [-0.25, -0.2) is 0 Å². The van der Waals surface area contributed by atoms with Gasteiger partial charge in [0, 0.05) is 17.1 Å². The van der Waals surface area contributed by atoms with Crippen molar-refractivity contribution in [3.8, 4) is 11.5 Å². The number of aromatic nitrogens is 1. The Morgan fingerprint density at radius 1 is 0.864 bits per heavy atom. The summed E-state index contributed by atoms with van der Waals surface area (Å²) in [5, 5.41) is 1.16. The van der Waals surface area contributed by atoms with Gasteiger partial charge in [0.1, 0.15) is 8.07 Å². The second-order valence-corrected chi connectivity index (χ2v) is 12.6. The second-order valence-electron chi connectivity index (χ2n) is 7.02. The van der Waals surface area contributed by atoms with Crippen LogP contribution in [0.4, 0.5) is 0 Å². The molecule has 0 aliphatic rings. The number of nitrogens with zero attached hydrogens (tertiary/aromatic N) is 1. The van der Waals surface area contributed by atoms with Gasteiger partial charge in [-0.3, -0.25) is 4.98 Å². The molecular weight excluding hydrogens is 282 g/mol. The Labute approximate surface area is 136 Å². The molecule has 0 radical (unpaired) electrons. The standard InChI is InChI=1S/C20H27NSi/c1-15(2)22(16(3)4,17(5)6)14-12-18-9-7-11-20-19(18)10-8-13-21-20/h7-11,13,15-17H,1-6H3. The lowest BCUT2D eigenvalue weighted by Gasteiger charge is -2.38. The maximum atomic E-state index is 4.44. The number of rotatable bonds is 3. The van der Waals surface area contributed by atoms with Gasteiger partial charge >= 0.3 is 0 Å². The van der Waals surface area contributed by atoms with Gasteiger partial charge in [0.2, 0.25) is 0 Å². The van der Waals surface area contributed by atoms with E-state index in [-0.39, 0.29) is 0 Å². The average Bonchev–Trinajstić information content (AvgIpc) is 2.47. The van der Waals surface area contributed by atoms with Crippen molar-refractivity contribution in [2.45, 2.75) is 58.2 Å². The van der Waals surface area contributed by atoms with E-state index in [1.807, 2.05) is 12.3 Å². The predicted octanol–water partition coefficient (Wildman–Crippen LogP) is 5.80. The van der Waals surface area contributed by atoms with Gasteiger partial charge in [0.15, 0.2) is 0 Å². The minimum Gasteiger partial charge on any atom is -0.256 e. The van der Waals surface area contributed by atoms with E-state index in [0.717, 1.165) is 16.5 Å². The van der Waals surface area contributed by atoms with Crippen molar-refractivity contribution >= 4 is 19.0 Å². The fourth-order valence-corrected chi connectivity index (χ4v) is 9.04. The van der Waals surface area contributed by atoms with E-state index in [0.29, 0.717) is 16.6 Å². The van der Waals surface area contributed by atoms with Crippen LogP contribution >= 0.6 is 0 Å². The Hall–Kier alpha value is -1.59. The third-order valence-electron chi connectivity index (χ3n) is 4.93. The van der Waals surface area contributed by atoms with Crippen molar-refractivity contribution in [3.05, 3.63) is 42.1 Å². The molecule has 0 aliphatic heterocycles. The molecule has 2 rings (SSSR count). The fourth-order valence-electron chi connectivity index (χ4n) is 3.82. The van der Waals surface area contributed by atoms with Crippen molar-refractivity contribution in [3.63, 3.8) is 0 Å². The van der Waals surface area contributed by atoms with E-state index in [1.54, 1.807) is 0 Å². The Kier molecular flexibility index (Phi) is 5.08. The zero-order valence-electron chi connectivity index (χ0n) is 14.6. The molecule has 0 saturated carbocycles. The number of hydrogen-bond acceptors (Lipinski definition) is 1.